The van der Waals surface area contributed by atoms with E-state index in [9.17, 15) is 27.9 Å². The van der Waals surface area contributed by atoms with Crippen molar-refractivity contribution < 1.29 is 27.9 Å². The van der Waals surface area contributed by atoms with Crippen LogP contribution in [0.4, 0.5) is 13.2 Å². The van der Waals surface area contributed by atoms with Gasteiger partial charge in [0.15, 0.2) is 0 Å². The van der Waals surface area contributed by atoms with Crippen LogP contribution in [-0.4, -0.2) is 17.0 Å². The van der Waals surface area contributed by atoms with Gasteiger partial charge in [0, 0.05) is 5.56 Å². The zero-order valence-electron chi connectivity index (χ0n) is 15.9. The molecule has 1 amide bonds. The number of aromatic carboxylic acids is 1. The van der Waals surface area contributed by atoms with Gasteiger partial charge in [-0.1, -0.05) is 48.5 Å². The molecule has 7 heteroatoms. The van der Waals surface area contributed by atoms with Gasteiger partial charge < -0.3 is 10.4 Å². The molecule has 0 bridgehead atoms. The molecule has 0 aliphatic heterocycles. The third-order valence-corrected chi connectivity index (χ3v) is 4.63. The predicted octanol–water partition coefficient (Wildman–Crippen LogP) is 5.56. The normalized spacial score (nSPS) is 12.3. The maximum atomic E-state index is 13.4. The Bertz CT molecular complexity index is 1080. The molecule has 0 aliphatic carbocycles. The molecule has 30 heavy (non-hydrogen) atoms. The Morgan fingerprint density at radius 2 is 1.50 bits per heavy atom. The van der Waals surface area contributed by atoms with Crippen LogP contribution in [0, 0.1) is 0 Å². The van der Waals surface area contributed by atoms with Gasteiger partial charge in [-0.2, -0.15) is 13.2 Å². The average molecular weight is 413 g/mol. The largest absolute Gasteiger partial charge is 0.478 e. The van der Waals surface area contributed by atoms with Crippen LogP contribution in [-0.2, 0) is 6.18 Å². The number of halogens is 3. The summed E-state index contributed by atoms with van der Waals surface area (Å²) in [6.07, 6.45) is -4.62. The number of hydrogen-bond acceptors (Lipinski definition) is 2. The lowest BCUT2D eigenvalue weighted by molar-refractivity contribution is -0.137. The molecule has 0 saturated heterocycles. The Labute approximate surface area is 171 Å². The second-order valence-electron chi connectivity index (χ2n) is 6.75. The first-order valence-electron chi connectivity index (χ1n) is 9.07. The molecule has 1 atom stereocenters. The van der Waals surface area contributed by atoms with Crippen LogP contribution in [0.2, 0.25) is 0 Å². The number of carbonyl (C=O) groups excluding carboxylic acids is 1. The smallest absolute Gasteiger partial charge is 0.417 e. The van der Waals surface area contributed by atoms with Crippen LogP contribution in [0.25, 0.3) is 11.1 Å². The first-order chi connectivity index (χ1) is 14.2. The Morgan fingerprint density at radius 1 is 0.900 bits per heavy atom. The number of carboxylic acid groups (broad SMARTS) is 1. The summed E-state index contributed by atoms with van der Waals surface area (Å²) < 4.78 is 40.2. The second kappa shape index (κ2) is 8.41. The summed E-state index contributed by atoms with van der Waals surface area (Å²) in [5.41, 5.74) is -0.579. The van der Waals surface area contributed by atoms with Crippen LogP contribution in [0.15, 0.2) is 72.8 Å². The lowest BCUT2D eigenvalue weighted by Gasteiger charge is -2.16. The molecule has 154 valence electrons. The summed E-state index contributed by atoms with van der Waals surface area (Å²) in [5, 5.41) is 12.1. The van der Waals surface area contributed by atoms with Crippen molar-refractivity contribution in [2.24, 2.45) is 0 Å². The molecule has 0 aliphatic rings. The minimum Gasteiger partial charge on any atom is -0.478 e. The van der Waals surface area contributed by atoms with Gasteiger partial charge >= 0.3 is 12.1 Å². The van der Waals surface area contributed by atoms with Gasteiger partial charge in [-0.05, 0) is 47.9 Å². The molecule has 3 aromatic rings. The van der Waals surface area contributed by atoms with Gasteiger partial charge in [-0.3, -0.25) is 4.79 Å². The van der Waals surface area contributed by atoms with E-state index in [1.807, 2.05) is 30.3 Å². The van der Waals surface area contributed by atoms with E-state index in [0.29, 0.717) is 0 Å². The van der Waals surface area contributed by atoms with Crippen molar-refractivity contribution in [1.82, 2.24) is 5.32 Å². The third kappa shape index (κ3) is 4.68. The number of nitrogens with one attached hydrogen (secondary N) is 1. The summed E-state index contributed by atoms with van der Waals surface area (Å²) in [6.45, 7) is 1.76. The van der Waals surface area contributed by atoms with Crippen LogP contribution in [0.1, 0.15) is 44.8 Å². The fourth-order valence-corrected chi connectivity index (χ4v) is 3.12. The number of rotatable bonds is 5. The van der Waals surface area contributed by atoms with E-state index < -0.39 is 23.6 Å². The highest BCUT2D eigenvalue weighted by atomic mass is 19.4. The standard InChI is InChI=1S/C23H18F3NO3/c1-14(15-7-3-2-4-8-15)27-21(28)17-11-16(12-18(13-17)22(29)30)19-9-5-6-10-20(19)23(24,25)26/h2-14H,1H3,(H,27,28)(H,29,30)/t14-/m1/s1. The Kier molecular flexibility index (Phi) is 5.91. The van der Waals surface area contributed by atoms with Gasteiger partial charge in [-0.25, -0.2) is 4.79 Å². The number of carbonyl (C=O) groups is 2. The molecule has 2 N–H and O–H groups in total. The maximum Gasteiger partial charge on any atom is 0.417 e. The highest BCUT2D eigenvalue weighted by Gasteiger charge is 2.33. The molecule has 3 aromatic carbocycles. The third-order valence-electron chi connectivity index (χ3n) is 4.63. The minimum absolute atomic E-state index is 0.000314. The molecule has 4 nitrogen and oxygen atoms in total. The highest BCUT2D eigenvalue weighted by Crippen LogP contribution is 2.37. The number of amides is 1. The molecule has 0 fully saturated rings. The van der Waals surface area contributed by atoms with Crippen LogP contribution >= 0.6 is 0 Å². The zero-order valence-corrected chi connectivity index (χ0v) is 15.9. The van der Waals surface area contributed by atoms with E-state index in [0.717, 1.165) is 23.8 Å². The molecule has 0 radical (unpaired) electrons. The molecular weight excluding hydrogens is 395 g/mol. The van der Waals surface area contributed by atoms with Crippen molar-refractivity contribution in [2.45, 2.75) is 19.1 Å². The van der Waals surface area contributed by atoms with Crippen molar-refractivity contribution in [3.05, 3.63) is 95.1 Å². The van der Waals surface area contributed by atoms with E-state index in [-0.39, 0.29) is 28.3 Å². The topological polar surface area (TPSA) is 66.4 Å². The first-order valence-corrected chi connectivity index (χ1v) is 9.07. The van der Waals surface area contributed by atoms with Crippen LogP contribution in [0.5, 0.6) is 0 Å². The van der Waals surface area contributed by atoms with Crippen LogP contribution < -0.4 is 5.32 Å². The van der Waals surface area contributed by atoms with Crippen molar-refractivity contribution in [2.75, 3.05) is 0 Å². The van der Waals surface area contributed by atoms with E-state index in [1.165, 1.54) is 24.3 Å². The van der Waals surface area contributed by atoms with E-state index in [4.69, 9.17) is 0 Å². The van der Waals surface area contributed by atoms with Gasteiger partial charge in [-0.15, -0.1) is 0 Å². The molecular formula is C23H18F3NO3. The Balaban J connectivity index is 2.03. The number of benzene rings is 3. The summed E-state index contributed by atoms with van der Waals surface area (Å²) in [6, 6.07) is 17.1. The monoisotopic (exact) mass is 413 g/mol. The van der Waals surface area contributed by atoms with Crippen molar-refractivity contribution in [3.8, 4) is 11.1 Å². The summed E-state index contributed by atoms with van der Waals surface area (Å²) in [4.78, 5) is 24.3. The molecule has 0 spiro atoms. The lowest BCUT2D eigenvalue weighted by atomic mass is 9.95. The van der Waals surface area contributed by atoms with Crippen LogP contribution in [0.3, 0.4) is 0 Å². The summed E-state index contributed by atoms with van der Waals surface area (Å²) in [7, 11) is 0. The van der Waals surface area contributed by atoms with E-state index in [2.05, 4.69) is 5.32 Å². The maximum absolute atomic E-state index is 13.4. The van der Waals surface area contributed by atoms with Gasteiger partial charge in [0.05, 0.1) is 17.2 Å². The number of hydrogen-bond donors (Lipinski definition) is 2. The summed E-state index contributed by atoms with van der Waals surface area (Å²) >= 11 is 0. The lowest BCUT2D eigenvalue weighted by Crippen LogP contribution is -2.27. The Hall–Kier alpha value is -3.61. The number of alkyl halides is 3. The second-order valence-corrected chi connectivity index (χ2v) is 6.75. The quantitative estimate of drug-likeness (QED) is 0.575. The molecule has 0 heterocycles. The molecule has 0 unspecified atom stereocenters. The van der Waals surface area contributed by atoms with Crippen molar-refractivity contribution in [1.29, 1.82) is 0 Å². The summed E-state index contributed by atoms with van der Waals surface area (Å²) in [5.74, 6) is -1.92. The average Bonchev–Trinajstić information content (AvgIpc) is 2.73. The zero-order chi connectivity index (χ0) is 21.9. The van der Waals surface area contributed by atoms with Gasteiger partial charge in [0.1, 0.15) is 0 Å². The van der Waals surface area contributed by atoms with E-state index in [1.54, 1.807) is 6.92 Å². The fraction of sp³-hybridized carbons (Fsp3) is 0.130. The number of carboxylic acids is 1. The Morgan fingerprint density at radius 3 is 2.13 bits per heavy atom. The van der Waals surface area contributed by atoms with E-state index >= 15 is 0 Å². The fourth-order valence-electron chi connectivity index (χ4n) is 3.12. The van der Waals surface area contributed by atoms with Gasteiger partial charge in [0.25, 0.3) is 5.91 Å². The van der Waals surface area contributed by atoms with Crippen molar-refractivity contribution >= 4 is 11.9 Å². The highest BCUT2D eigenvalue weighted by molar-refractivity contribution is 5.99. The SMILES string of the molecule is C[C@@H](NC(=O)c1cc(C(=O)O)cc(-c2ccccc2C(F)(F)F)c1)c1ccccc1. The molecule has 3 rings (SSSR count). The van der Waals surface area contributed by atoms with Gasteiger partial charge in [0.2, 0.25) is 0 Å². The van der Waals surface area contributed by atoms with Crippen molar-refractivity contribution in [3.63, 3.8) is 0 Å². The minimum atomic E-state index is -4.62. The predicted molar refractivity (Wildman–Crippen MR) is 106 cm³/mol. The molecule has 0 saturated carbocycles. The first kappa shape index (κ1) is 21.1. The molecule has 0 aromatic heterocycles.